The van der Waals surface area contributed by atoms with Crippen molar-refractivity contribution in [2.75, 3.05) is 26.5 Å². The number of hydrogen-bond donors (Lipinski definition) is 1. The highest BCUT2D eigenvalue weighted by Crippen LogP contribution is 2.14. The van der Waals surface area contributed by atoms with Gasteiger partial charge in [0.2, 0.25) is 10.0 Å². The van der Waals surface area contributed by atoms with Crippen LogP contribution in [0.1, 0.15) is 25.3 Å². The number of carbonyl (C=O) groups is 1. The Bertz CT molecular complexity index is 570. The third-order valence-corrected chi connectivity index (χ3v) is 4.38. The van der Waals surface area contributed by atoms with Crippen LogP contribution in [0.3, 0.4) is 0 Å². The molecule has 1 aromatic carbocycles. The first-order chi connectivity index (χ1) is 10.3. The molecular weight excluding hydrogens is 304 g/mol. The van der Waals surface area contributed by atoms with Crippen molar-refractivity contribution in [3.05, 3.63) is 29.8 Å². The molecule has 0 radical (unpaired) electrons. The highest BCUT2D eigenvalue weighted by molar-refractivity contribution is 7.88. The van der Waals surface area contributed by atoms with Crippen LogP contribution < -0.4 is 10.1 Å². The first-order valence-corrected chi connectivity index (χ1v) is 9.07. The van der Waals surface area contributed by atoms with E-state index < -0.39 is 10.0 Å². The van der Waals surface area contributed by atoms with E-state index in [2.05, 4.69) is 12.2 Å². The Kier molecular flexibility index (Phi) is 7.34. The van der Waals surface area contributed by atoms with Crippen molar-refractivity contribution < 1.29 is 17.9 Å². The molecule has 0 heterocycles. The summed E-state index contributed by atoms with van der Waals surface area (Å²) in [5.41, 5.74) is 0.854. The summed E-state index contributed by atoms with van der Waals surface area (Å²) in [5, 5.41) is 2.77. The number of rotatable bonds is 9. The van der Waals surface area contributed by atoms with Gasteiger partial charge in [0.25, 0.3) is 5.91 Å². The lowest BCUT2D eigenvalue weighted by molar-refractivity contribution is -0.123. The Hall–Kier alpha value is -1.60. The van der Waals surface area contributed by atoms with Crippen LogP contribution in [-0.4, -0.2) is 45.1 Å². The fraction of sp³-hybridized carbons (Fsp3) is 0.533. The second kappa shape index (κ2) is 8.75. The van der Waals surface area contributed by atoms with Gasteiger partial charge in [-0.2, -0.15) is 0 Å². The van der Waals surface area contributed by atoms with Crippen LogP contribution in [0, 0.1) is 0 Å². The molecule has 1 rings (SSSR count). The summed E-state index contributed by atoms with van der Waals surface area (Å²) in [5.74, 6) is 0.436. The molecule has 22 heavy (non-hydrogen) atoms. The molecule has 0 spiro atoms. The van der Waals surface area contributed by atoms with E-state index in [1.165, 1.54) is 17.6 Å². The summed E-state index contributed by atoms with van der Waals surface area (Å²) in [6.45, 7) is 3.00. The standard InChI is InChI=1S/C15H24N2O4S/c1-4-5-10-16-15(18)12-21-14-8-6-13(7-9-14)11-17(2)22(3,19)20/h6-9H,4-5,10-12H2,1-3H3,(H,16,18). The second-order valence-corrected chi connectivity index (χ2v) is 7.24. The number of carbonyl (C=O) groups excluding carboxylic acids is 1. The van der Waals surface area contributed by atoms with Crippen LogP contribution in [0.25, 0.3) is 0 Å². The number of nitrogens with one attached hydrogen (secondary N) is 1. The predicted molar refractivity (Wildman–Crippen MR) is 86.2 cm³/mol. The van der Waals surface area contributed by atoms with Gasteiger partial charge in [0.15, 0.2) is 6.61 Å². The molecule has 0 saturated heterocycles. The molecule has 0 fully saturated rings. The van der Waals surface area contributed by atoms with E-state index in [1.807, 2.05) is 0 Å². The van der Waals surface area contributed by atoms with Crippen LogP contribution in [0.5, 0.6) is 5.75 Å². The fourth-order valence-corrected chi connectivity index (χ4v) is 2.05. The Morgan fingerprint density at radius 3 is 2.45 bits per heavy atom. The van der Waals surface area contributed by atoms with Crippen molar-refractivity contribution in [2.45, 2.75) is 26.3 Å². The zero-order chi connectivity index (χ0) is 16.6. The van der Waals surface area contributed by atoms with Crippen LogP contribution in [-0.2, 0) is 21.4 Å². The van der Waals surface area contributed by atoms with Crippen molar-refractivity contribution in [3.63, 3.8) is 0 Å². The van der Waals surface area contributed by atoms with Gasteiger partial charge in [-0.15, -0.1) is 0 Å². The Labute approximate surface area is 132 Å². The molecule has 0 aliphatic carbocycles. The Morgan fingerprint density at radius 1 is 1.27 bits per heavy atom. The molecule has 0 saturated carbocycles. The summed E-state index contributed by atoms with van der Waals surface area (Å²) in [4.78, 5) is 11.5. The van der Waals surface area contributed by atoms with Crippen molar-refractivity contribution in [1.29, 1.82) is 0 Å². The average molecular weight is 328 g/mol. The quantitative estimate of drug-likeness (QED) is 0.695. The van der Waals surface area contributed by atoms with Gasteiger partial charge in [0.1, 0.15) is 5.75 Å². The lowest BCUT2D eigenvalue weighted by Gasteiger charge is -2.14. The van der Waals surface area contributed by atoms with Crippen molar-refractivity contribution in [2.24, 2.45) is 0 Å². The molecule has 0 aromatic heterocycles. The number of amides is 1. The van der Waals surface area contributed by atoms with Crippen LogP contribution in [0.2, 0.25) is 0 Å². The third-order valence-electron chi connectivity index (χ3n) is 3.12. The van der Waals surface area contributed by atoms with Gasteiger partial charge < -0.3 is 10.1 Å². The number of ether oxygens (including phenoxy) is 1. The summed E-state index contributed by atoms with van der Waals surface area (Å²) in [6.07, 6.45) is 3.15. The molecule has 124 valence electrons. The molecular formula is C15H24N2O4S. The second-order valence-electron chi connectivity index (χ2n) is 5.16. The summed E-state index contributed by atoms with van der Waals surface area (Å²) in [7, 11) is -1.67. The van der Waals surface area contributed by atoms with E-state index in [-0.39, 0.29) is 12.5 Å². The first kappa shape index (κ1) is 18.4. The summed E-state index contributed by atoms with van der Waals surface area (Å²) < 4.78 is 29.3. The first-order valence-electron chi connectivity index (χ1n) is 7.22. The topological polar surface area (TPSA) is 75.7 Å². The molecule has 0 bridgehead atoms. The van der Waals surface area contributed by atoms with Gasteiger partial charge in [-0.25, -0.2) is 12.7 Å². The fourth-order valence-electron chi connectivity index (χ4n) is 1.67. The van der Waals surface area contributed by atoms with Crippen molar-refractivity contribution in [3.8, 4) is 5.75 Å². The zero-order valence-corrected chi connectivity index (χ0v) is 14.1. The molecule has 0 aliphatic heterocycles. The molecule has 1 amide bonds. The van der Waals surface area contributed by atoms with Gasteiger partial charge in [0, 0.05) is 20.1 Å². The van der Waals surface area contributed by atoms with Crippen molar-refractivity contribution in [1.82, 2.24) is 9.62 Å². The number of hydrogen-bond acceptors (Lipinski definition) is 4. The average Bonchev–Trinajstić information content (AvgIpc) is 2.46. The molecule has 0 unspecified atom stereocenters. The molecule has 0 aliphatic rings. The molecule has 7 heteroatoms. The van der Waals surface area contributed by atoms with Crippen molar-refractivity contribution >= 4 is 15.9 Å². The minimum atomic E-state index is -3.19. The number of nitrogens with zero attached hydrogens (tertiary/aromatic N) is 1. The van der Waals surface area contributed by atoms with Gasteiger partial charge in [-0.05, 0) is 24.1 Å². The SMILES string of the molecule is CCCCNC(=O)COc1ccc(CN(C)S(C)(=O)=O)cc1. The van der Waals surface area contributed by atoms with Crippen LogP contribution >= 0.6 is 0 Å². The lowest BCUT2D eigenvalue weighted by atomic mass is 10.2. The smallest absolute Gasteiger partial charge is 0.257 e. The monoisotopic (exact) mass is 328 g/mol. The summed E-state index contributed by atoms with van der Waals surface area (Å²) in [6, 6.07) is 7.02. The molecule has 6 nitrogen and oxygen atoms in total. The number of benzene rings is 1. The molecule has 1 aromatic rings. The molecule has 0 atom stereocenters. The maximum atomic E-state index is 11.5. The highest BCUT2D eigenvalue weighted by Gasteiger charge is 2.11. The Morgan fingerprint density at radius 2 is 1.91 bits per heavy atom. The lowest BCUT2D eigenvalue weighted by Crippen LogP contribution is -2.29. The maximum absolute atomic E-state index is 11.5. The normalized spacial score (nSPS) is 11.5. The molecule has 1 N–H and O–H groups in total. The van der Waals surface area contributed by atoms with Crippen LogP contribution in [0.15, 0.2) is 24.3 Å². The zero-order valence-electron chi connectivity index (χ0n) is 13.3. The third kappa shape index (κ3) is 6.91. The van der Waals surface area contributed by atoms with Crippen LogP contribution in [0.4, 0.5) is 0 Å². The number of sulfonamides is 1. The van der Waals surface area contributed by atoms with Gasteiger partial charge in [-0.1, -0.05) is 25.5 Å². The minimum absolute atomic E-state index is 0.0215. The van der Waals surface area contributed by atoms with E-state index in [0.29, 0.717) is 18.8 Å². The maximum Gasteiger partial charge on any atom is 0.257 e. The van der Waals surface area contributed by atoms with E-state index in [0.717, 1.165) is 18.4 Å². The van der Waals surface area contributed by atoms with E-state index in [1.54, 1.807) is 24.3 Å². The largest absolute Gasteiger partial charge is 0.484 e. The summed E-state index contributed by atoms with van der Waals surface area (Å²) >= 11 is 0. The Balaban J connectivity index is 2.43. The number of unbranched alkanes of at least 4 members (excludes halogenated alkanes) is 1. The van der Waals surface area contributed by atoms with E-state index in [9.17, 15) is 13.2 Å². The highest BCUT2D eigenvalue weighted by atomic mass is 32.2. The van der Waals surface area contributed by atoms with E-state index in [4.69, 9.17) is 4.74 Å². The van der Waals surface area contributed by atoms with Gasteiger partial charge in [-0.3, -0.25) is 4.79 Å². The van der Waals surface area contributed by atoms with E-state index >= 15 is 0 Å². The van der Waals surface area contributed by atoms with Gasteiger partial charge in [0.05, 0.1) is 6.26 Å². The van der Waals surface area contributed by atoms with Gasteiger partial charge >= 0.3 is 0 Å². The predicted octanol–water partition coefficient (Wildman–Crippen LogP) is 1.37. The minimum Gasteiger partial charge on any atom is -0.484 e.